The number of para-hydroxylation sites is 1. The van der Waals surface area contributed by atoms with E-state index in [2.05, 4.69) is 0 Å². The van der Waals surface area contributed by atoms with Crippen LogP contribution in [-0.4, -0.2) is 18.4 Å². The summed E-state index contributed by atoms with van der Waals surface area (Å²) >= 11 is 0. The monoisotopic (exact) mass is 485 g/mol. The SMILES string of the molecule is CC(=O)OC1=C(C(C)C)C(c2ccccc2)c2c1n(S(=O)(=O)c1ccc(C)cc1)c1ccccc21. The summed E-state index contributed by atoms with van der Waals surface area (Å²) in [6.07, 6.45) is 0. The maximum absolute atomic E-state index is 14.1. The Morgan fingerprint density at radius 1 is 0.914 bits per heavy atom. The lowest BCUT2D eigenvalue weighted by molar-refractivity contribution is -0.134. The van der Waals surface area contributed by atoms with Crippen LogP contribution in [-0.2, 0) is 19.6 Å². The van der Waals surface area contributed by atoms with Crippen molar-refractivity contribution in [1.82, 2.24) is 3.97 Å². The summed E-state index contributed by atoms with van der Waals surface area (Å²) in [5, 5.41) is 0.826. The van der Waals surface area contributed by atoms with E-state index in [0.29, 0.717) is 17.0 Å². The van der Waals surface area contributed by atoms with Gasteiger partial charge in [0.2, 0.25) is 0 Å². The maximum Gasteiger partial charge on any atom is 0.308 e. The van der Waals surface area contributed by atoms with E-state index in [1.54, 1.807) is 24.3 Å². The Kier molecular flexibility index (Phi) is 5.64. The summed E-state index contributed by atoms with van der Waals surface area (Å²) in [6, 6.07) is 24.3. The predicted molar refractivity (Wildman–Crippen MR) is 138 cm³/mol. The Hall–Kier alpha value is -3.64. The van der Waals surface area contributed by atoms with Gasteiger partial charge < -0.3 is 4.74 Å². The van der Waals surface area contributed by atoms with Crippen molar-refractivity contribution in [2.24, 2.45) is 5.92 Å². The van der Waals surface area contributed by atoms with Crippen molar-refractivity contribution < 1.29 is 17.9 Å². The van der Waals surface area contributed by atoms with E-state index in [9.17, 15) is 13.2 Å². The molecule has 6 heteroatoms. The molecule has 0 N–H and O–H groups in total. The van der Waals surface area contributed by atoms with Gasteiger partial charge in [0.15, 0.2) is 5.76 Å². The lowest BCUT2D eigenvalue weighted by atomic mass is 9.83. The minimum absolute atomic E-state index is 0.0104. The number of benzene rings is 3. The minimum atomic E-state index is -4.00. The van der Waals surface area contributed by atoms with Gasteiger partial charge in [0.1, 0.15) is 5.69 Å². The fourth-order valence-electron chi connectivity index (χ4n) is 5.07. The zero-order chi connectivity index (χ0) is 24.9. The van der Waals surface area contributed by atoms with Crippen LogP contribution in [0.1, 0.15) is 49.1 Å². The normalized spacial score (nSPS) is 15.6. The Balaban J connectivity index is 1.93. The van der Waals surface area contributed by atoms with Gasteiger partial charge in [0.05, 0.1) is 10.4 Å². The Bertz CT molecular complexity index is 1580. The van der Waals surface area contributed by atoms with Crippen molar-refractivity contribution >= 4 is 32.7 Å². The number of rotatable bonds is 5. The number of esters is 1. The van der Waals surface area contributed by atoms with Crippen LogP contribution in [0.4, 0.5) is 0 Å². The van der Waals surface area contributed by atoms with E-state index in [0.717, 1.165) is 27.6 Å². The molecule has 0 aliphatic heterocycles. The van der Waals surface area contributed by atoms with E-state index in [1.165, 1.54) is 10.9 Å². The molecule has 0 radical (unpaired) electrons. The number of nitrogens with zero attached hydrogens (tertiary/aromatic N) is 1. The highest BCUT2D eigenvalue weighted by Crippen LogP contribution is 2.53. The Labute approximate surface area is 205 Å². The third kappa shape index (κ3) is 3.69. The van der Waals surface area contributed by atoms with Gasteiger partial charge in [0.25, 0.3) is 10.0 Å². The zero-order valence-electron chi connectivity index (χ0n) is 20.1. The molecule has 35 heavy (non-hydrogen) atoms. The second kappa shape index (κ2) is 8.54. The van der Waals surface area contributed by atoms with E-state index in [4.69, 9.17) is 4.74 Å². The Morgan fingerprint density at radius 2 is 1.54 bits per heavy atom. The molecule has 0 saturated heterocycles. The number of carbonyl (C=O) groups is 1. The summed E-state index contributed by atoms with van der Waals surface area (Å²) in [4.78, 5) is 12.5. The molecular formula is C29H27NO4S. The van der Waals surface area contributed by atoms with E-state index in [1.807, 2.05) is 75.4 Å². The summed E-state index contributed by atoms with van der Waals surface area (Å²) in [5.41, 5.74) is 4.73. The molecule has 0 bridgehead atoms. The lowest BCUT2D eigenvalue weighted by Crippen LogP contribution is -2.17. The van der Waals surface area contributed by atoms with Gasteiger partial charge in [-0.3, -0.25) is 4.79 Å². The summed E-state index contributed by atoms with van der Waals surface area (Å²) in [7, 11) is -4.00. The number of hydrogen-bond donors (Lipinski definition) is 0. The molecule has 0 fully saturated rings. The number of allylic oxidation sites excluding steroid dienone is 1. The highest BCUT2D eigenvalue weighted by Gasteiger charge is 2.43. The quantitative estimate of drug-likeness (QED) is 0.313. The number of carbonyl (C=O) groups excluding carboxylic acids is 1. The molecule has 1 aromatic heterocycles. The number of aryl methyl sites for hydroxylation is 1. The second-order valence-electron chi connectivity index (χ2n) is 9.24. The molecule has 4 aromatic rings. The topological polar surface area (TPSA) is 65.4 Å². The second-order valence-corrected chi connectivity index (χ2v) is 11.0. The molecular weight excluding hydrogens is 458 g/mol. The fourth-order valence-corrected chi connectivity index (χ4v) is 6.60. The van der Waals surface area contributed by atoms with Crippen molar-refractivity contribution in [2.75, 3.05) is 0 Å². The van der Waals surface area contributed by atoms with Crippen LogP contribution < -0.4 is 0 Å². The first-order valence-electron chi connectivity index (χ1n) is 11.6. The highest BCUT2D eigenvalue weighted by molar-refractivity contribution is 7.90. The molecule has 1 heterocycles. The summed E-state index contributed by atoms with van der Waals surface area (Å²) in [5.74, 6) is -0.373. The van der Waals surface area contributed by atoms with E-state index in [-0.39, 0.29) is 16.7 Å². The van der Waals surface area contributed by atoms with Crippen LogP contribution in [0.25, 0.3) is 16.7 Å². The highest BCUT2D eigenvalue weighted by atomic mass is 32.2. The predicted octanol–water partition coefficient (Wildman–Crippen LogP) is 6.26. The number of ether oxygens (including phenoxy) is 1. The third-order valence-electron chi connectivity index (χ3n) is 6.51. The van der Waals surface area contributed by atoms with Crippen molar-refractivity contribution in [2.45, 2.75) is 38.5 Å². The smallest absolute Gasteiger partial charge is 0.308 e. The average molecular weight is 486 g/mol. The van der Waals surface area contributed by atoms with Gasteiger partial charge in [-0.2, -0.15) is 0 Å². The van der Waals surface area contributed by atoms with Crippen molar-refractivity contribution in [3.63, 3.8) is 0 Å². The standard InChI is InChI=1S/C29H27NO4S/c1-18(2)25-26(21-10-6-5-7-11-21)27-23-12-8-9-13-24(23)30(28(27)29(25)34-20(4)31)35(32,33)22-16-14-19(3)15-17-22/h5-18,26H,1-4H3. The molecule has 0 spiro atoms. The molecule has 1 unspecified atom stereocenters. The van der Waals surface area contributed by atoms with Crippen molar-refractivity contribution in [3.8, 4) is 0 Å². The van der Waals surface area contributed by atoms with Crippen LogP contribution in [0.2, 0.25) is 0 Å². The molecule has 178 valence electrons. The summed E-state index contributed by atoms with van der Waals surface area (Å²) in [6.45, 7) is 7.35. The Morgan fingerprint density at radius 3 is 2.17 bits per heavy atom. The van der Waals surface area contributed by atoms with Crippen molar-refractivity contribution in [1.29, 1.82) is 0 Å². The molecule has 1 atom stereocenters. The van der Waals surface area contributed by atoms with E-state index >= 15 is 0 Å². The minimum Gasteiger partial charge on any atom is -0.424 e. The molecule has 5 nitrogen and oxygen atoms in total. The molecule has 0 amide bonds. The fraction of sp³-hybridized carbons (Fsp3) is 0.207. The van der Waals surface area contributed by atoms with Gasteiger partial charge in [-0.1, -0.05) is 80.1 Å². The molecule has 1 aliphatic rings. The first-order valence-corrected chi connectivity index (χ1v) is 13.1. The van der Waals surface area contributed by atoms with Gasteiger partial charge in [-0.15, -0.1) is 0 Å². The number of aromatic nitrogens is 1. The molecule has 3 aromatic carbocycles. The molecule has 0 saturated carbocycles. The van der Waals surface area contributed by atoms with Crippen LogP contribution in [0.15, 0.2) is 89.3 Å². The van der Waals surface area contributed by atoms with Crippen LogP contribution >= 0.6 is 0 Å². The first-order chi connectivity index (χ1) is 16.7. The van der Waals surface area contributed by atoms with Crippen LogP contribution in [0.3, 0.4) is 0 Å². The van der Waals surface area contributed by atoms with Gasteiger partial charge >= 0.3 is 5.97 Å². The number of hydrogen-bond acceptors (Lipinski definition) is 4. The van der Waals surface area contributed by atoms with Gasteiger partial charge in [0, 0.05) is 23.8 Å². The molecule has 5 rings (SSSR count). The van der Waals surface area contributed by atoms with E-state index < -0.39 is 16.0 Å². The zero-order valence-corrected chi connectivity index (χ0v) is 21.0. The maximum atomic E-state index is 14.1. The van der Waals surface area contributed by atoms with Crippen molar-refractivity contribution in [3.05, 3.63) is 107 Å². The third-order valence-corrected chi connectivity index (χ3v) is 8.24. The molecule has 1 aliphatic carbocycles. The van der Waals surface area contributed by atoms with Crippen LogP contribution in [0.5, 0.6) is 0 Å². The van der Waals surface area contributed by atoms with Crippen LogP contribution in [0, 0.1) is 12.8 Å². The largest absolute Gasteiger partial charge is 0.424 e. The first kappa shape index (κ1) is 23.1. The number of fused-ring (bicyclic) bond motifs is 3. The summed E-state index contributed by atoms with van der Waals surface area (Å²) < 4.78 is 35.5. The average Bonchev–Trinajstić information content (AvgIpc) is 3.33. The lowest BCUT2D eigenvalue weighted by Gasteiger charge is -2.21. The van der Waals surface area contributed by atoms with Gasteiger partial charge in [-0.25, -0.2) is 12.4 Å². The van der Waals surface area contributed by atoms with Gasteiger partial charge in [-0.05, 0) is 42.2 Å².